The maximum absolute atomic E-state index is 14.3. The molecule has 3 heteroatoms. The van der Waals surface area contributed by atoms with E-state index in [9.17, 15) is 8.78 Å². The van der Waals surface area contributed by atoms with E-state index < -0.39 is 11.6 Å². The fraction of sp³-hybridized carbons (Fsp3) is 0.400. The molecule has 0 bridgehead atoms. The van der Waals surface area contributed by atoms with E-state index in [1.807, 2.05) is 12.1 Å². The van der Waals surface area contributed by atoms with Gasteiger partial charge < -0.3 is 0 Å². The van der Waals surface area contributed by atoms with Gasteiger partial charge in [-0.05, 0) is 49.5 Å². The van der Waals surface area contributed by atoms with Gasteiger partial charge in [0.15, 0.2) is 0 Å². The summed E-state index contributed by atoms with van der Waals surface area (Å²) in [6.07, 6.45) is 0. The highest BCUT2D eigenvalue weighted by Crippen LogP contribution is 2.36. The van der Waals surface area contributed by atoms with Gasteiger partial charge in [0.05, 0.1) is 4.47 Å². The molecule has 124 valence electrons. The van der Waals surface area contributed by atoms with Crippen LogP contribution in [-0.4, -0.2) is 0 Å². The molecule has 0 radical (unpaired) electrons. The average Bonchev–Trinajstić information content (AvgIpc) is 2.40. The van der Waals surface area contributed by atoms with Crippen LogP contribution in [0, 0.1) is 11.6 Å². The van der Waals surface area contributed by atoms with Crippen molar-refractivity contribution in [3.05, 3.63) is 57.6 Å². The first-order chi connectivity index (χ1) is 10.4. The van der Waals surface area contributed by atoms with Crippen LogP contribution >= 0.6 is 15.9 Å². The van der Waals surface area contributed by atoms with Crippen molar-refractivity contribution < 1.29 is 8.78 Å². The molecule has 23 heavy (non-hydrogen) atoms. The third-order valence-corrected chi connectivity index (χ3v) is 4.59. The molecule has 0 N–H and O–H groups in total. The molecular weight excluding hydrogens is 358 g/mol. The Balaban J connectivity index is 2.74. The quantitative estimate of drug-likeness (QED) is 0.467. The van der Waals surface area contributed by atoms with E-state index >= 15 is 0 Å². The summed E-state index contributed by atoms with van der Waals surface area (Å²) in [5.74, 6) is -1.13. The van der Waals surface area contributed by atoms with Gasteiger partial charge in [0.1, 0.15) is 11.6 Å². The van der Waals surface area contributed by atoms with Crippen LogP contribution in [0.15, 0.2) is 34.8 Å². The van der Waals surface area contributed by atoms with Crippen LogP contribution in [0.4, 0.5) is 8.78 Å². The summed E-state index contributed by atoms with van der Waals surface area (Å²) in [6.45, 7) is 12.8. The van der Waals surface area contributed by atoms with E-state index in [0.29, 0.717) is 5.56 Å². The lowest BCUT2D eigenvalue weighted by Gasteiger charge is -2.26. The monoisotopic (exact) mass is 380 g/mol. The third-order valence-electron chi connectivity index (χ3n) is 3.99. The van der Waals surface area contributed by atoms with Gasteiger partial charge in [-0.2, -0.15) is 0 Å². The van der Waals surface area contributed by atoms with Gasteiger partial charge in [-0.15, -0.1) is 0 Å². The normalized spacial score (nSPS) is 12.6. The smallest absolute Gasteiger partial charge is 0.140 e. The molecule has 0 nitrogen and oxygen atoms in total. The van der Waals surface area contributed by atoms with Crippen LogP contribution < -0.4 is 0 Å². The van der Waals surface area contributed by atoms with E-state index in [4.69, 9.17) is 0 Å². The van der Waals surface area contributed by atoms with Crippen LogP contribution in [0.1, 0.15) is 52.7 Å². The summed E-state index contributed by atoms with van der Waals surface area (Å²) >= 11 is 3.15. The fourth-order valence-electron chi connectivity index (χ4n) is 2.39. The number of hydrogen-bond donors (Lipinski definition) is 0. The van der Waals surface area contributed by atoms with Crippen LogP contribution in [0.25, 0.3) is 11.1 Å². The van der Waals surface area contributed by atoms with Crippen LogP contribution in [0.3, 0.4) is 0 Å². The van der Waals surface area contributed by atoms with Gasteiger partial charge >= 0.3 is 0 Å². The Labute approximate surface area is 146 Å². The zero-order chi connectivity index (χ0) is 17.6. The first-order valence-electron chi connectivity index (χ1n) is 7.70. The highest BCUT2D eigenvalue weighted by Gasteiger charge is 2.22. The molecule has 0 unspecified atom stereocenters. The highest BCUT2D eigenvalue weighted by atomic mass is 79.9. The largest absolute Gasteiger partial charge is 0.206 e. The zero-order valence-electron chi connectivity index (χ0n) is 14.5. The van der Waals surface area contributed by atoms with Crippen molar-refractivity contribution >= 4 is 15.9 Å². The van der Waals surface area contributed by atoms with Crippen LogP contribution in [-0.2, 0) is 10.8 Å². The molecule has 0 aliphatic heterocycles. The fourth-order valence-corrected chi connectivity index (χ4v) is 2.74. The van der Waals surface area contributed by atoms with Crippen LogP contribution in [0.2, 0.25) is 0 Å². The minimum absolute atomic E-state index is 0.0518. The zero-order valence-corrected chi connectivity index (χ0v) is 16.1. The van der Waals surface area contributed by atoms with Crippen LogP contribution in [0.5, 0.6) is 0 Å². The Hall–Kier alpha value is -1.22. The molecular formula is C20H23BrF2. The van der Waals surface area contributed by atoms with Gasteiger partial charge in [0, 0.05) is 11.6 Å². The summed E-state index contributed by atoms with van der Waals surface area (Å²) in [5, 5.41) is 0. The minimum Gasteiger partial charge on any atom is -0.206 e. The molecule has 2 aromatic carbocycles. The second-order valence-corrected chi connectivity index (χ2v) is 8.90. The topological polar surface area (TPSA) is 0 Å². The Bertz CT molecular complexity index is 702. The lowest BCUT2D eigenvalue weighted by molar-refractivity contribution is 0.567. The molecule has 0 aromatic heterocycles. The first-order valence-corrected chi connectivity index (χ1v) is 8.50. The Morgan fingerprint density at radius 1 is 0.696 bits per heavy atom. The molecule has 0 fully saturated rings. The molecule has 0 amide bonds. The molecule has 0 aliphatic carbocycles. The van der Waals surface area contributed by atoms with Crippen molar-refractivity contribution in [2.75, 3.05) is 0 Å². The van der Waals surface area contributed by atoms with Crippen molar-refractivity contribution in [1.82, 2.24) is 0 Å². The van der Waals surface area contributed by atoms with Gasteiger partial charge in [-0.25, -0.2) is 8.78 Å². The molecule has 0 spiro atoms. The number of hydrogen-bond acceptors (Lipinski definition) is 0. The molecule has 0 saturated heterocycles. The lowest BCUT2D eigenvalue weighted by atomic mass is 9.79. The van der Waals surface area contributed by atoms with E-state index in [1.165, 1.54) is 6.07 Å². The molecule has 2 rings (SSSR count). The second kappa shape index (κ2) is 6.01. The molecule has 0 heterocycles. The molecule has 0 aliphatic rings. The van der Waals surface area contributed by atoms with E-state index in [-0.39, 0.29) is 15.3 Å². The summed E-state index contributed by atoms with van der Waals surface area (Å²) in [6, 6.07) is 8.62. The standard InChI is InChI=1S/C20H23BrF2/c1-19(2,3)13-7-12(8-14(9-13)20(4,5)6)15-10-16(21)18(23)11-17(15)22/h7-11H,1-6H3. The first kappa shape index (κ1) is 18.1. The number of rotatable bonds is 1. The van der Waals surface area contributed by atoms with Crippen molar-refractivity contribution in [3.8, 4) is 11.1 Å². The second-order valence-electron chi connectivity index (χ2n) is 8.05. The maximum Gasteiger partial charge on any atom is 0.140 e. The van der Waals surface area contributed by atoms with Crippen molar-refractivity contribution in [1.29, 1.82) is 0 Å². The SMILES string of the molecule is CC(C)(C)c1cc(-c2cc(Br)c(F)cc2F)cc(C(C)(C)C)c1. The van der Waals surface area contributed by atoms with E-state index in [0.717, 1.165) is 22.8 Å². The van der Waals surface area contributed by atoms with Crippen molar-refractivity contribution in [2.24, 2.45) is 0 Å². The lowest BCUT2D eigenvalue weighted by Crippen LogP contribution is -2.16. The molecule has 0 saturated carbocycles. The number of benzene rings is 2. The summed E-state index contributed by atoms with van der Waals surface area (Å²) in [5.41, 5.74) is 3.36. The average molecular weight is 381 g/mol. The predicted molar refractivity (Wildman–Crippen MR) is 96.9 cm³/mol. The molecule has 2 aromatic rings. The van der Waals surface area contributed by atoms with E-state index in [2.05, 4.69) is 63.5 Å². The third kappa shape index (κ3) is 4.00. The van der Waals surface area contributed by atoms with Gasteiger partial charge in [-0.3, -0.25) is 0 Å². The Morgan fingerprint density at radius 3 is 1.61 bits per heavy atom. The Morgan fingerprint density at radius 2 is 1.17 bits per heavy atom. The number of halogens is 3. The Kier molecular flexibility index (Phi) is 4.74. The summed E-state index contributed by atoms with van der Waals surface area (Å²) in [7, 11) is 0. The van der Waals surface area contributed by atoms with Gasteiger partial charge in [-0.1, -0.05) is 59.7 Å². The van der Waals surface area contributed by atoms with Gasteiger partial charge in [0.2, 0.25) is 0 Å². The maximum atomic E-state index is 14.3. The predicted octanol–water partition coefficient (Wildman–Crippen LogP) is 6.99. The minimum atomic E-state index is -0.589. The summed E-state index contributed by atoms with van der Waals surface area (Å²) < 4.78 is 28.1. The van der Waals surface area contributed by atoms with Gasteiger partial charge in [0.25, 0.3) is 0 Å². The summed E-state index contributed by atoms with van der Waals surface area (Å²) in [4.78, 5) is 0. The molecule has 0 atom stereocenters. The van der Waals surface area contributed by atoms with E-state index in [1.54, 1.807) is 0 Å². The van der Waals surface area contributed by atoms with Crippen molar-refractivity contribution in [2.45, 2.75) is 52.4 Å². The van der Waals surface area contributed by atoms with Crippen molar-refractivity contribution in [3.63, 3.8) is 0 Å². The highest BCUT2D eigenvalue weighted by molar-refractivity contribution is 9.10.